The second-order valence-corrected chi connectivity index (χ2v) is 7.18. The van der Waals surface area contributed by atoms with Crippen LogP contribution in [0, 0.1) is 0 Å². The Balaban J connectivity index is 0.00000182. The summed E-state index contributed by atoms with van der Waals surface area (Å²) in [6, 6.07) is 15.6. The molecule has 27 heavy (non-hydrogen) atoms. The van der Waals surface area contributed by atoms with Crippen molar-refractivity contribution in [1.29, 1.82) is 0 Å². The van der Waals surface area contributed by atoms with Crippen molar-refractivity contribution in [3.05, 3.63) is 70.2 Å². The fourth-order valence-corrected chi connectivity index (χ4v) is 3.45. The third-order valence-electron chi connectivity index (χ3n) is 4.71. The highest BCUT2D eigenvalue weighted by atomic mass is 35.5. The molecule has 0 atom stereocenters. The molecule has 0 amide bonds. The van der Waals surface area contributed by atoms with E-state index in [9.17, 15) is 4.79 Å². The summed E-state index contributed by atoms with van der Waals surface area (Å²) in [5, 5.41) is 0.449. The fraction of sp³-hybridized carbons (Fsp3) is 0.350. The van der Waals surface area contributed by atoms with Crippen LogP contribution in [0.4, 0.5) is 0 Å². The van der Waals surface area contributed by atoms with Crippen LogP contribution in [0.15, 0.2) is 48.5 Å². The van der Waals surface area contributed by atoms with Crippen molar-refractivity contribution in [2.75, 3.05) is 32.7 Å². The second-order valence-electron chi connectivity index (χ2n) is 6.43. The molecular formula is C20H24Cl4N2O. The van der Waals surface area contributed by atoms with Crippen LogP contribution in [0.5, 0.6) is 0 Å². The first-order chi connectivity index (χ1) is 12.1. The summed E-state index contributed by atoms with van der Waals surface area (Å²) in [5.74, 6) is 0. The van der Waals surface area contributed by atoms with Gasteiger partial charge in [-0.1, -0.05) is 41.9 Å². The molecule has 3 nitrogen and oxygen atoms in total. The van der Waals surface area contributed by atoms with Gasteiger partial charge in [-0.3, -0.25) is 9.69 Å². The molecule has 1 saturated heterocycles. The van der Waals surface area contributed by atoms with Gasteiger partial charge in [0.1, 0.15) is 0 Å². The lowest BCUT2D eigenvalue weighted by Crippen LogP contribution is -2.46. The van der Waals surface area contributed by atoms with Gasteiger partial charge in [0, 0.05) is 49.9 Å². The molecule has 0 bridgehead atoms. The number of benzene rings is 2. The molecule has 1 fully saturated rings. The van der Waals surface area contributed by atoms with E-state index in [1.807, 2.05) is 30.3 Å². The molecule has 7 heteroatoms. The lowest BCUT2D eigenvalue weighted by Gasteiger charge is -2.34. The first kappa shape index (κ1) is 24.2. The number of piperazine rings is 1. The number of carbonyl (C=O) groups excluding carboxylic acids is 1. The van der Waals surface area contributed by atoms with Gasteiger partial charge >= 0.3 is 0 Å². The van der Waals surface area contributed by atoms with Gasteiger partial charge in [0.25, 0.3) is 5.24 Å². The molecule has 1 aliphatic heterocycles. The molecule has 0 aromatic heterocycles. The topological polar surface area (TPSA) is 23.6 Å². The highest BCUT2D eigenvalue weighted by Crippen LogP contribution is 2.18. The van der Waals surface area contributed by atoms with Crippen molar-refractivity contribution in [2.45, 2.75) is 13.0 Å². The van der Waals surface area contributed by atoms with E-state index in [2.05, 4.69) is 15.9 Å². The van der Waals surface area contributed by atoms with Crippen molar-refractivity contribution in [3.8, 4) is 0 Å². The van der Waals surface area contributed by atoms with Crippen LogP contribution in [0.3, 0.4) is 0 Å². The van der Waals surface area contributed by atoms with Crippen molar-refractivity contribution in [1.82, 2.24) is 9.80 Å². The molecule has 0 unspecified atom stereocenters. The zero-order chi connectivity index (χ0) is 17.6. The maximum absolute atomic E-state index is 11.1. The maximum atomic E-state index is 11.1. The summed E-state index contributed by atoms with van der Waals surface area (Å²) < 4.78 is 0. The van der Waals surface area contributed by atoms with E-state index in [1.165, 1.54) is 11.1 Å². The fourth-order valence-electron chi connectivity index (χ4n) is 3.13. The summed E-state index contributed by atoms with van der Waals surface area (Å²) in [6.45, 7) is 6.22. The number of hydrogen-bond donors (Lipinski definition) is 0. The second kappa shape index (κ2) is 11.9. The third kappa shape index (κ3) is 7.26. The molecule has 0 aliphatic carbocycles. The van der Waals surface area contributed by atoms with Crippen molar-refractivity contribution >= 4 is 53.3 Å². The number of hydrogen-bond acceptors (Lipinski definition) is 3. The molecule has 3 rings (SSSR count). The number of nitrogens with zero attached hydrogens (tertiary/aromatic N) is 2. The molecular weight excluding hydrogens is 426 g/mol. The molecule has 2 aromatic rings. The van der Waals surface area contributed by atoms with E-state index in [0.29, 0.717) is 5.56 Å². The van der Waals surface area contributed by atoms with Crippen LogP contribution in [-0.2, 0) is 13.0 Å². The Kier molecular flexibility index (Phi) is 10.7. The highest BCUT2D eigenvalue weighted by Gasteiger charge is 2.17. The van der Waals surface area contributed by atoms with Gasteiger partial charge < -0.3 is 4.90 Å². The first-order valence-electron chi connectivity index (χ1n) is 8.59. The molecule has 2 aromatic carbocycles. The van der Waals surface area contributed by atoms with Crippen LogP contribution in [0.2, 0.25) is 5.02 Å². The predicted octanol–water partition coefficient (Wildman–Crippen LogP) is 4.92. The van der Waals surface area contributed by atoms with E-state index in [4.69, 9.17) is 23.2 Å². The van der Waals surface area contributed by atoms with E-state index in [-0.39, 0.29) is 24.8 Å². The Morgan fingerprint density at radius 1 is 0.889 bits per heavy atom. The SMILES string of the molecule is Cl.Cl.O=C(Cl)c1ccc(CCN2CCN(Cc3ccccc3Cl)CC2)cc1. The van der Waals surface area contributed by atoms with E-state index < -0.39 is 5.24 Å². The lowest BCUT2D eigenvalue weighted by atomic mass is 10.1. The molecule has 0 N–H and O–H groups in total. The molecule has 0 saturated carbocycles. The Morgan fingerprint density at radius 3 is 2.07 bits per heavy atom. The minimum Gasteiger partial charge on any atom is -0.300 e. The summed E-state index contributed by atoms with van der Waals surface area (Å²) >= 11 is 11.7. The summed E-state index contributed by atoms with van der Waals surface area (Å²) in [7, 11) is 0. The zero-order valence-electron chi connectivity index (χ0n) is 14.9. The average molecular weight is 450 g/mol. The third-order valence-corrected chi connectivity index (χ3v) is 5.30. The first-order valence-corrected chi connectivity index (χ1v) is 9.34. The zero-order valence-corrected chi connectivity index (χ0v) is 18.1. The minimum atomic E-state index is -0.402. The molecule has 148 valence electrons. The highest BCUT2D eigenvalue weighted by molar-refractivity contribution is 6.67. The van der Waals surface area contributed by atoms with Gasteiger partial charge in [0.05, 0.1) is 0 Å². The standard InChI is InChI=1S/C20H22Cl2N2O.2ClH/c21-19-4-2-1-3-18(19)15-24-13-11-23(12-14-24)10-9-16-5-7-17(8-6-16)20(22)25;;/h1-8H,9-15H2;2*1H. The number of halogens is 4. The molecule has 0 spiro atoms. The van der Waals surface area contributed by atoms with Crippen LogP contribution in [0.1, 0.15) is 21.5 Å². The van der Waals surface area contributed by atoms with Gasteiger partial charge in [0.15, 0.2) is 0 Å². The van der Waals surface area contributed by atoms with Gasteiger partial charge in [-0.2, -0.15) is 0 Å². The van der Waals surface area contributed by atoms with Crippen LogP contribution >= 0.6 is 48.0 Å². The average Bonchev–Trinajstić information content (AvgIpc) is 2.63. The molecule has 1 aliphatic rings. The van der Waals surface area contributed by atoms with E-state index >= 15 is 0 Å². The maximum Gasteiger partial charge on any atom is 0.252 e. The predicted molar refractivity (Wildman–Crippen MR) is 118 cm³/mol. The van der Waals surface area contributed by atoms with Crippen LogP contribution in [0.25, 0.3) is 0 Å². The van der Waals surface area contributed by atoms with Crippen LogP contribution in [-0.4, -0.2) is 47.8 Å². The quantitative estimate of drug-likeness (QED) is 0.584. The lowest BCUT2D eigenvalue weighted by molar-refractivity contribution is 0.108. The largest absolute Gasteiger partial charge is 0.300 e. The smallest absolute Gasteiger partial charge is 0.252 e. The summed E-state index contributed by atoms with van der Waals surface area (Å²) in [6.07, 6.45) is 0.987. The van der Waals surface area contributed by atoms with Gasteiger partial charge in [-0.05, 0) is 47.3 Å². The van der Waals surface area contributed by atoms with Crippen molar-refractivity contribution < 1.29 is 4.79 Å². The Labute approximate surface area is 183 Å². The Hall–Kier alpha value is -0.810. The molecule has 1 heterocycles. The Bertz CT molecular complexity index is 716. The van der Waals surface area contributed by atoms with Gasteiger partial charge in [-0.25, -0.2) is 0 Å². The number of carbonyl (C=O) groups is 1. The molecule has 0 radical (unpaired) electrons. The number of rotatable bonds is 6. The normalized spacial score (nSPS) is 14.9. The van der Waals surface area contributed by atoms with Gasteiger partial charge in [0.2, 0.25) is 0 Å². The minimum absolute atomic E-state index is 0. The van der Waals surface area contributed by atoms with Gasteiger partial charge in [-0.15, -0.1) is 24.8 Å². The Morgan fingerprint density at radius 2 is 1.48 bits per heavy atom. The van der Waals surface area contributed by atoms with E-state index in [1.54, 1.807) is 12.1 Å². The summed E-state index contributed by atoms with van der Waals surface area (Å²) in [4.78, 5) is 16.0. The van der Waals surface area contributed by atoms with E-state index in [0.717, 1.165) is 50.7 Å². The van der Waals surface area contributed by atoms with Crippen molar-refractivity contribution in [2.24, 2.45) is 0 Å². The van der Waals surface area contributed by atoms with Crippen LogP contribution < -0.4 is 0 Å². The van der Waals surface area contributed by atoms with Crippen molar-refractivity contribution in [3.63, 3.8) is 0 Å². The monoisotopic (exact) mass is 448 g/mol. The summed E-state index contributed by atoms with van der Waals surface area (Å²) in [5.41, 5.74) is 2.99.